The first-order chi connectivity index (χ1) is 15.2. The van der Waals surface area contributed by atoms with Crippen LogP contribution in [-0.2, 0) is 14.8 Å². The summed E-state index contributed by atoms with van der Waals surface area (Å²) < 4.78 is 33.6. The van der Waals surface area contributed by atoms with E-state index in [1.165, 1.54) is 24.3 Å². The Balaban J connectivity index is 1.85. The summed E-state index contributed by atoms with van der Waals surface area (Å²) in [5.74, 6) is 0.258. The Morgan fingerprint density at radius 2 is 2.00 bits per heavy atom. The van der Waals surface area contributed by atoms with Crippen LogP contribution in [0.5, 0.6) is 11.5 Å². The Hall–Kier alpha value is -3.04. The highest BCUT2D eigenvalue weighted by molar-refractivity contribution is 8.18. The molecule has 2 aromatic carbocycles. The van der Waals surface area contributed by atoms with Crippen molar-refractivity contribution in [1.82, 2.24) is 5.32 Å². The smallest absolute Gasteiger partial charge is 0.264 e. The zero-order valence-electron chi connectivity index (χ0n) is 16.7. The maximum Gasteiger partial charge on any atom is 0.264 e. The van der Waals surface area contributed by atoms with Crippen LogP contribution in [0.25, 0.3) is 6.08 Å². The standard InChI is InChI=1S/C20H17ClN4O5S2/c1-2-29-16-10-12(9-15(21)18(16)30-8-7-22)11-17-19(26)25-20(31-17)24-13-3-5-14(6-4-13)32(23,27)28/h3-6,9-11H,2,8H2,1H3,(H2,23,27,28)(H,24,25,26)/b17-11-. The fourth-order valence-electron chi connectivity index (χ4n) is 2.64. The molecule has 3 rings (SSSR count). The Morgan fingerprint density at radius 1 is 1.28 bits per heavy atom. The largest absolute Gasteiger partial charge is 0.490 e. The monoisotopic (exact) mass is 492 g/mol. The molecule has 1 heterocycles. The van der Waals surface area contributed by atoms with E-state index in [0.717, 1.165) is 11.8 Å². The topological polar surface area (TPSA) is 144 Å². The van der Waals surface area contributed by atoms with Gasteiger partial charge >= 0.3 is 0 Å². The minimum Gasteiger partial charge on any atom is -0.490 e. The molecule has 1 fully saturated rings. The van der Waals surface area contributed by atoms with E-state index in [0.29, 0.717) is 33.7 Å². The van der Waals surface area contributed by atoms with Gasteiger partial charge in [0.05, 0.1) is 27.1 Å². The van der Waals surface area contributed by atoms with Crippen molar-refractivity contribution in [3.63, 3.8) is 0 Å². The summed E-state index contributed by atoms with van der Waals surface area (Å²) in [6.45, 7) is 1.97. The molecule has 166 valence electrons. The molecule has 1 aliphatic heterocycles. The number of sulfonamides is 1. The number of rotatable bonds is 7. The predicted octanol–water partition coefficient (Wildman–Crippen LogP) is 3.18. The van der Waals surface area contributed by atoms with Crippen molar-refractivity contribution in [2.45, 2.75) is 11.8 Å². The van der Waals surface area contributed by atoms with Gasteiger partial charge in [-0.25, -0.2) is 18.5 Å². The fraction of sp³-hybridized carbons (Fsp3) is 0.150. The summed E-state index contributed by atoms with van der Waals surface area (Å²) in [6.07, 6.45) is 1.62. The zero-order chi connectivity index (χ0) is 23.3. The van der Waals surface area contributed by atoms with E-state index < -0.39 is 10.0 Å². The highest BCUT2D eigenvalue weighted by Gasteiger charge is 2.24. The molecule has 1 aliphatic rings. The molecule has 0 aromatic heterocycles. The van der Waals surface area contributed by atoms with Gasteiger partial charge in [-0.2, -0.15) is 5.26 Å². The van der Waals surface area contributed by atoms with Gasteiger partial charge < -0.3 is 14.8 Å². The zero-order valence-corrected chi connectivity index (χ0v) is 19.1. The van der Waals surface area contributed by atoms with Crippen LogP contribution in [0.15, 0.2) is 51.2 Å². The first-order valence-corrected chi connectivity index (χ1v) is 11.8. The first kappa shape index (κ1) is 23.6. The third-order valence-electron chi connectivity index (χ3n) is 3.96. The first-order valence-electron chi connectivity index (χ1n) is 9.10. The molecule has 0 aliphatic carbocycles. The van der Waals surface area contributed by atoms with E-state index in [1.54, 1.807) is 25.1 Å². The number of nitrogens with two attached hydrogens (primary N) is 1. The number of thioether (sulfide) groups is 1. The van der Waals surface area contributed by atoms with Gasteiger partial charge in [0.25, 0.3) is 5.91 Å². The normalized spacial score (nSPS) is 16.1. The number of hydrogen-bond acceptors (Lipinski definition) is 8. The number of nitrogens with one attached hydrogen (secondary N) is 1. The second kappa shape index (κ2) is 10.1. The fourth-order valence-corrected chi connectivity index (χ4v) is 4.27. The van der Waals surface area contributed by atoms with Gasteiger partial charge in [-0.15, -0.1) is 0 Å². The Labute approximate surface area is 193 Å². The van der Waals surface area contributed by atoms with Gasteiger partial charge in [-0.1, -0.05) is 11.6 Å². The van der Waals surface area contributed by atoms with Crippen molar-refractivity contribution < 1.29 is 22.7 Å². The van der Waals surface area contributed by atoms with Crippen molar-refractivity contribution in [3.8, 4) is 17.6 Å². The second-order valence-electron chi connectivity index (χ2n) is 6.23. The number of aliphatic imine (C=N–C) groups is 1. The lowest BCUT2D eigenvalue weighted by Gasteiger charge is -2.12. The van der Waals surface area contributed by atoms with Crippen LogP contribution >= 0.6 is 23.4 Å². The summed E-state index contributed by atoms with van der Waals surface area (Å²) in [6, 6.07) is 10.8. The minimum atomic E-state index is -3.80. The molecule has 12 heteroatoms. The molecule has 0 radical (unpaired) electrons. The number of ether oxygens (including phenoxy) is 2. The van der Waals surface area contributed by atoms with Crippen molar-refractivity contribution in [1.29, 1.82) is 5.26 Å². The third kappa shape index (κ3) is 5.80. The van der Waals surface area contributed by atoms with Crippen LogP contribution in [0.1, 0.15) is 12.5 Å². The Morgan fingerprint density at radius 3 is 2.62 bits per heavy atom. The van der Waals surface area contributed by atoms with Gasteiger partial charge in [-0.05, 0) is 66.7 Å². The van der Waals surface area contributed by atoms with Gasteiger partial charge in [-0.3, -0.25) is 4.79 Å². The molecular weight excluding hydrogens is 476 g/mol. The van der Waals surface area contributed by atoms with E-state index in [-0.39, 0.29) is 28.2 Å². The number of halogens is 1. The lowest BCUT2D eigenvalue weighted by atomic mass is 10.2. The molecule has 0 bridgehead atoms. The van der Waals surface area contributed by atoms with E-state index in [9.17, 15) is 13.2 Å². The molecule has 9 nitrogen and oxygen atoms in total. The number of hydrogen-bond donors (Lipinski definition) is 2. The van der Waals surface area contributed by atoms with Crippen LogP contribution in [0.3, 0.4) is 0 Å². The highest BCUT2D eigenvalue weighted by Crippen LogP contribution is 2.38. The summed E-state index contributed by atoms with van der Waals surface area (Å²) >= 11 is 7.39. The summed E-state index contributed by atoms with van der Waals surface area (Å²) in [5.41, 5.74) is 1.04. The van der Waals surface area contributed by atoms with Crippen molar-refractivity contribution in [2.75, 3.05) is 13.2 Å². The average molecular weight is 493 g/mol. The van der Waals surface area contributed by atoms with Crippen molar-refractivity contribution in [3.05, 3.63) is 51.9 Å². The lowest BCUT2D eigenvalue weighted by Crippen LogP contribution is -2.19. The van der Waals surface area contributed by atoms with Gasteiger partial charge in [0.1, 0.15) is 6.07 Å². The molecule has 2 aromatic rings. The average Bonchev–Trinajstić information content (AvgIpc) is 3.06. The molecule has 1 amide bonds. The SMILES string of the molecule is CCOc1cc(/C=C2\SC(=Nc3ccc(S(N)(=O)=O)cc3)NC2=O)cc(Cl)c1OCC#N. The van der Waals surface area contributed by atoms with E-state index in [2.05, 4.69) is 10.3 Å². The summed E-state index contributed by atoms with van der Waals surface area (Å²) in [7, 11) is -3.80. The molecule has 0 saturated carbocycles. The maximum atomic E-state index is 12.4. The molecule has 1 saturated heterocycles. The quantitative estimate of drug-likeness (QED) is 0.564. The number of carbonyl (C=O) groups is 1. The number of primary sulfonamides is 1. The Bertz CT molecular complexity index is 1250. The number of carbonyl (C=O) groups excluding carboxylic acids is 1. The number of amidine groups is 1. The summed E-state index contributed by atoms with van der Waals surface area (Å²) in [4.78, 5) is 17.0. The molecule has 0 atom stereocenters. The Kier molecular flexibility index (Phi) is 7.42. The lowest BCUT2D eigenvalue weighted by molar-refractivity contribution is -0.115. The minimum absolute atomic E-state index is 0.0330. The van der Waals surface area contributed by atoms with Crippen LogP contribution in [0, 0.1) is 11.3 Å². The van der Waals surface area contributed by atoms with Gasteiger partial charge in [0.15, 0.2) is 23.3 Å². The van der Waals surface area contributed by atoms with Crippen LogP contribution in [-0.4, -0.2) is 32.7 Å². The molecule has 0 spiro atoms. The highest BCUT2D eigenvalue weighted by atomic mass is 35.5. The number of amides is 1. The van der Waals surface area contributed by atoms with Crippen molar-refractivity contribution in [2.24, 2.45) is 10.1 Å². The number of nitrogens with zero attached hydrogens (tertiary/aromatic N) is 2. The molecular formula is C20H17ClN4O5S2. The summed E-state index contributed by atoms with van der Waals surface area (Å²) in [5, 5.41) is 17.0. The number of benzene rings is 2. The maximum absolute atomic E-state index is 12.4. The van der Waals surface area contributed by atoms with Gasteiger partial charge in [0, 0.05) is 0 Å². The molecule has 3 N–H and O–H groups in total. The van der Waals surface area contributed by atoms with Crippen LogP contribution < -0.4 is 19.9 Å². The van der Waals surface area contributed by atoms with Crippen LogP contribution in [0.2, 0.25) is 5.02 Å². The van der Waals surface area contributed by atoms with E-state index in [1.807, 2.05) is 6.07 Å². The third-order valence-corrected chi connectivity index (χ3v) is 6.08. The van der Waals surface area contributed by atoms with Gasteiger partial charge in [0.2, 0.25) is 10.0 Å². The number of nitriles is 1. The van der Waals surface area contributed by atoms with E-state index >= 15 is 0 Å². The second-order valence-corrected chi connectivity index (χ2v) is 9.23. The van der Waals surface area contributed by atoms with E-state index in [4.69, 9.17) is 31.5 Å². The molecule has 32 heavy (non-hydrogen) atoms. The predicted molar refractivity (Wildman–Crippen MR) is 122 cm³/mol. The van der Waals surface area contributed by atoms with Crippen molar-refractivity contribution >= 4 is 56.2 Å². The van der Waals surface area contributed by atoms with Crippen LogP contribution in [0.4, 0.5) is 5.69 Å². The molecule has 0 unspecified atom stereocenters.